The van der Waals surface area contributed by atoms with Gasteiger partial charge in [-0.15, -0.1) is 21.4 Å². The van der Waals surface area contributed by atoms with Crippen molar-refractivity contribution in [3.63, 3.8) is 0 Å². The molecule has 0 aliphatic carbocycles. The average Bonchev–Trinajstić information content (AvgIpc) is 3.10. The highest BCUT2D eigenvalue weighted by molar-refractivity contribution is 6.29. The van der Waals surface area contributed by atoms with E-state index in [1.54, 1.807) is 0 Å². The van der Waals surface area contributed by atoms with Gasteiger partial charge in [0.2, 0.25) is 5.91 Å². The molecule has 12 heteroatoms. The summed E-state index contributed by atoms with van der Waals surface area (Å²) >= 11 is 5.59. The Morgan fingerprint density at radius 3 is 2.06 bits per heavy atom. The van der Waals surface area contributed by atoms with Crippen LogP contribution in [0.15, 0.2) is 23.0 Å². The quantitative estimate of drug-likeness (QED) is 0.372. The van der Waals surface area contributed by atoms with Gasteiger partial charge >= 0.3 is 17.7 Å². The molecule has 0 unspecified atom stereocenters. The number of carboxylic acid groups (broad SMARTS) is 1. The number of anilines is 1. The van der Waals surface area contributed by atoms with Crippen molar-refractivity contribution in [2.75, 3.05) is 23.2 Å². The molecule has 36 heavy (non-hydrogen) atoms. The first-order valence-corrected chi connectivity index (χ1v) is 12.2. The first kappa shape index (κ1) is 30.7. The minimum atomic E-state index is -1.05. The number of hydrogen-bond donors (Lipinski definition) is 3. The number of hydrogen-bond acceptors (Lipinski definition) is 6. The summed E-state index contributed by atoms with van der Waals surface area (Å²) in [4.78, 5) is 47.6. The third-order valence-electron chi connectivity index (χ3n) is 4.97. The van der Waals surface area contributed by atoms with Crippen molar-refractivity contribution in [3.8, 4) is 0 Å². The number of nitrogen functional groups attached to an aromatic ring is 1. The first-order chi connectivity index (χ1) is 16.7. The number of nitrogens with two attached hydrogens (primary N) is 1. The molecule has 1 aromatic carbocycles. The maximum atomic E-state index is 11.9. The number of nitrogens with one attached hydrogen (secondary N) is 1. The number of carboxylic acids is 1. The number of aryl methyl sites for hydroxylation is 2. The maximum absolute atomic E-state index is 11.9. The van der Waals surface area contributed by atoms with Gasteiger partial charge in [0.1, 0.15) is 12.4 Å². The number of nitrogens with zero attached hydrogens (tertiary/aromatic N) is 4. The van der Waals surface area contributed by atoms with Crippen LogP contribution in [0.3, 0.4) is 0 Å². The molecule has 0 saturated carbocycles. The number of aromatic nitrogens is 3. The highest BCUT2D eigenvalue weighted by Crippen LogP contribution is 2.27. The summed E-state index contributed by atoms with van der Waals surface area (Å²) in [5.41, 5.74) is 1.53. The SMILES string of the molecule is CC(C)c1nn(C(=O)NC(C)(C)C)c(=O)n1N.CCc1cccc(CC)c1N(CC(=O)O)C(=O)CCl. The summed E-state index contributed by atoms with van der Waals surface area (Å²) in [7, 11) is 0. The van der Waals surface area contributed by atoms with E-state index in [4.69, 9.17) is 22.6 Å². The lowest BCUT2D eigenvalue weighted by Crippen LogP contribution is -2.47. The van der Waals surface area contributed by atoms with E-state index in [2.05, 4.69) is 10.4 Å². The highest BCUT2D eigenvalue weighted by Gasteiger charge is 2.23. The molecular formula is C24H37ClN6O5. The van der Waals surface area contributed by atoms with Gasteiger partial charge in [0.15, 0.2) is 5.82 Å². The van der Waals surface area contributed by atoms with E-state index in [-0.39, 0.29) is 24.2 Å². The topological polar surface area (TPSA) is 153 Å². The number of para-hydroxylation sites is 1. The molecule has 0 spiro atoms. The number of carbonyl (C=O) groups excluding carboxylic acids is 2. The lowest BCUT2D eigenvalue weighted by atomic mass is 10.0. The van der Waals surface area contributed by atoms with Crippen LogP contribution in [0.4, 0.5) is 10.5 Å². The fraction of sp³-hybridized carbons (Fsp3) is 0.542. The molecule has 0 aliphatic heterocycles. The van der Waals surface area contributed by atoms with E-state index in [0.717, 1.165) is 33.3 Å². The number of benzene rings is 1. The number of amides is 2. The largest absolute Gasteiger partial charge is 0.480 e. The maximum Gasteiger partial charge on any atom is 0.373 e. The average molecular weight is 525 g/mol. The van der Waals surface area contributed by atoms with Gasteiger partial charge in [-0.25, -0.2) is 9.59 Å². The van der Waals surface area contributed by atoms with Crippen molar-refractivity contribution in [1.29, 1.82) is 0 Å². The van der Waals surface area contributed by atoms with Gasteiger partial charge in [-0.05, 0) is 44.7 Å². The van der Waals surface area contributed by atoms with Crippen molar-refractivity contribution in [3.05, 3.63) is 45.6 Å². The minimum absolute atomic E-state index is 0.0311. The second-order valence-electron chi connectivity index (χ2n) is 9.40. The smallest absolute Gasteiger partial charge is 0.373 e. The molecule has 0 fully saturated rings. The highest BCUT2D eigenvalue weighted by atomic mass is 35.5. The zero-order valence-electron chi connectivity index (χ0n) is 22.0. The number of carbonyl (C=O) groups is 3. The molecule has 2 rings (SSSR count). The Hall–Kier alpha value is -3.34. The molecule has 1 aromatic heterocycles. The Bertz CT molecular complexity index is 1110. The van der Waals surface area contributed by atoms with E-state index in [9.17, 15) is 19.2 Å². The monoisotopic (exact) mass is 524 g/mol. The van der Waals surface area contributed by atoms with Gasteiger partial charge in [0, 0.05) is 11.5 Å². The zero-order chi connectivity index (χ0) is 27.8. The molecule has 2 amide bonds. The molecule has 0 saturated heterocycles. The molecule has 1 heterocycles. The molecule has 4 N–H and O–H groups in total. The summed E-state index contributed by atoms with van der Waals surface area (Å²) in [6.45, 7) is 12.7. The van der Waals surface area contributed by atoms with Crippen LogP contribution in [0.2, 0.25) is 0 Å². The van der Waals surface area contributed by atoms with Crippen LogP contribution in [-0.4, -0.2) is 55.4 Å². The number of alkyl halides is 1. The number of halogens is 1. The zero-order valence-corrected chi connectivity index (χ0v) is 22.7. The van der Waals surface area contributed by atoms with Crippen LogP contribution in [0.25, 0.3) is 0 Å². The molecule has 0 bridgehead atoms. The predicted molar refractivity (Wildman–Crippen MR) is 140 cm³/mol. The molecule has 0 radical (unpaired) electrons. The third kappa shape index (κ3) is 8.11. The van der Waals surface area contributed by atoms with E-state index < -0.39 is 23.2 Å². The normalized spacial score (nSPS) is 11.0. The molecule has 11 nitrogen and oxygen atoms in total. The van der Waals surface area contributed by atoms with Crippen LogP contribution in [0.1, 0.15) is 71.3 Å². The standard InChI is InChI=1S/C14H18ClNO3.C10H19N5O2/c1-3-10-6-5-7-11(4-2)14(10)16(9-13(18)19)12(17)8-15;1-6(2)7-13-15(9(17)14(7)11)8(16)12-10(3,4)5/h5-7H,3-4,8-9H2,1-2H3,(H,18,19);6H,11H2,1-5H3,(H,12,16). The van der Waals surface area contributed by atoms with Gasteiger partial charge in [-0.2, -0.15) is 4.68 Å². The first-order valence-electron chi connectivity index (χ1n) is 11.7. The van der Waals surface area contributed by atoms with Crippen molar-refractivity contribution in [2.45, 2.75) is 72.8 Å². The molecule has 200 valence electrons. The Labute approximate surface area is 216 Å². The number of aliphatic carboxylic acids is 1. The third-order valence-corrected chi connectivity index (χ3v) is 5.20. The second kappa shape index (κ2) is 13.1. The van der Waals surface area contributed by atoms with Gasteiger partial charge in [0.25, 0.3) is 0 Å². The van der Waals surface area contributed by atoms with Gasteiger partial charge in [-0.3, -0.25) is 14.5 Å². The fourth-order valence-corrected chi connectivity index (χ4v) is 3.50. The Morgan fingerprint density at radius 2 is 1.69 bits per heavy atom. The fourth-order valence-electron chi connectivity index (χ4n) is 3.35. The van der Waals surface area contributed by atoms with Gasteiger partial charge in [-0.1, -0.05) is 45.9 Å². The van der Waals surface area contributed by atoms with Crippen LogP contribution >= 0.6 is 11.6 Å². The van der Waals surface area contributed by atoms with Crippen molar-refractivity contribution in [2.24, 2.45) is 0 Å². The van der Waals surface area contributed by atoms with Crippen molar-refractivity contribution < 1.29 is 19.5 Å². The predicted octanol–water partition coefficient (Wildman–Crippen LogP) is 2.71. The van der Waals surface area contributed by atoms with Crippen molar-refractivity contribution in [1.82, 2.24) is 19.8 Å². The van der Waals surface area contributed by atoms with E-state index in [0.29, 0.717) is 11.5 Å². The molecule has 2 aromatic rings. The summed E-state index contributed by atoms with van der Waals surface area (Å²) < 4.78 is 1.65. The lowest BCUT2D eigenvalue weighted by Gasteiger charge is -2.25. The van der Waals surface area contributed by atoms with Gasteiger partial charge < -0.3 is 16.3 Å². The second-order valence-corrected chi connectivity index (χ2v) is 9.66. The van der Waals surface area contributed by atoms with E-state index in [1.165, 1.54) is 4.90 Å². The lowest BCUT2D eigenvalue weighted by molar-refractivity contribution is -0.136. The van der Waals surface area contributed by atoms with Crippen LogP contribution in [0, 0.1) is 0 Å². The van der Waals surface area contributed by atoms with Crippen LogP contribution in [0.5, 0.6) is 0 Å². The Kier molecular flexibility index (Phi) is 11.2. The Morgan fingerprint density at radius 1 is 1.17 bits per heavy atom. The molecule has 0 aliphatic rings. The summed E-state index contributed by atoms with van der Waals surface area (Å²) in [5.74, 6) is 4.22. The van der Waals surface area contributed by atoms with E-state index >= 15 is 0 Å². The van der Waals surface area contributed by atoms with Crippen LogP contribution < -0.4 is 21.7 Å². The summed E-state index contributed by atoms with van der Waals surface area (Å²) in [6, 6.07) is 5.16. The van der Waals surface area contributed by atoms with Gasteiger partial charge in [0.05, 0.1) is 5.69 Å². The number of rotatable bonds is 7. The molecular weight excluding hydrogens is 488 g/mol. The Balaban J connectivity index is 0.000000362. The van der Waals surface area contributed by atoms with Crippen LogP contribution in [-0.2, 0) is 22.4 Å². The van der Waals surface area contributed by atoms with Crippen molar-refractivity contribution >= 4 is 35.2 Å². The molecule has 0 atom stereocenters. The van der Waals surface area contributed by atoms with E-state index in [1.807, 2.05) is 66.7 Å². The summed E-state index contributed by atoms with van der Waals surface area (Å²) in [5, 5.41) is 15.6. The summed E-state index contributed by atoms with van der Waals surface area (Å²) in [6.07, 6.45) is 1.46. The minimum Gasteiger partial charge on any atom is -0.480 e.